The van der Waals surface area contributed by atoms with E-state index in [-0.39, 0.29) is 18.9 Å². The van der Waals surface area contributed by atoms with Crippen molar-refractivity contribution < 1.29 is 89.4 Å². The molecule has 674 valence electrons. The van der Waals surface area contributed by atoms with Crippen LogP contribution in [0.4, 0.5) is 0 Å². The minimum Gasteiger partial charge on any atom is -0.394 e. The summed E-state index contributed by atoms with van der Waals surface area (Å²) in [6.07, 6.45) is 68.8. The van der Waals surface area contributed by atoms with Crippen molar-refractivity contribution in [2.45, 2.75) is 548 Å². The molecule has 0 spiro atoms. The summed E-state index contributed by atoms with van der Waals surface area (Å²) in [5.74, 6) is -0.231. The number of hydrogen-bond acceptors (Lipinski definition) is 18. The molecule has 114 heavy (non-hydrogen) atoms. The molecule has 0 aromatic heterocycles. The van der Waals surface area contributed by atoms with E-state index in [0.29, 0.717) is 12.8 Å². The van der Waals surface area contributed by atoms with Crippen molar-refractivity contribution in [3.8, 4) is 0 Å². The minimum absolute atomic E-state index is 0.231. The lowest BCUT2D eigenvalue weighted by Crippen LogP contribution is -2.66. The maximum absolute atomic E-state index is 13.6. The first-order valence-electron chi connectivity index (χ1n) is 48.6. The molecule has 0 saturated carbocycles. The van der Waals surface area contributed by atoms with E-state index in [1.54, 1.807) is 0 Å². The molecule has 19 heteroatoms. The van der Waals surface area contributed by atoms with Crippen LogP contribution in [0.25, 0.3) is 0 Å². The number of aliphatic hydroxyl groups excluding tert-OH is 11. The predicted octanol–water partition coefficient (Wildman–Crippen LogP) is 19.6. The van der Waals surface area contributed by atoms with Crippen molar-refractivity contribution in [3.63, 3.8) is 0 Å². The molecule has 3 saturated heterocycles. The van der Waals surface area contributed by atoms with Crippen LogP contribution < -0.4 is 5.32 Å². The molecule has 12 N–H and O–H groups in total. The monoisotopic (exact) mass is 1620 g/mol. The van der Waals surface area contributed by atoms with E-state index in [9.17, 15) is 61.0 Å². The summed E-state index contributed by atoms with van der Waals surface area (Å²) in [6.45, 7) is 1.88. The number of hydrogen-bond donors (Lipinski definition) is 12. The quantitative estimate of drug-likeness (QED) is 0.0199. The highest BCUT2D eigenvalue weighted by atomic mass is 16.8. The molecular weight excluding hydrogens is 1440 g/mol. The molecule has 17 atom stereocenters. The number of carbonyl (C=O) groups excluding carboxylic acids is 1. The van der Waals surface area contributed by atoms with Gasteiger partial charge in [0.1, 0.15) is 73.2 Å². The van der Waals surface area contributed by atoms with Crippen molar-refractivity contribution in [1.29, 1.82) is 0 Å². The zero-order valence-electron chi connectivity index (χ0n) is 73.1. The molecule has 3 rings (SSSR count). The van der Waals surface area contributed by atoms with Gasteiger partial charge >= 0.3 is 0 Å². The SMILES string of the molecule is CCCCCCC/C=C\C/C=C\CCCCCCCCCCCCCCCCCCCCCCCCCCCCCC(=O)NC(COC1OC(CO)C(OC2OC(CO)C(OC3OC(CO)C(O)C(O)C3O)C(O)C2O)C(O)C1O)C(O)CCCCCCCCCCCCCCCCCCCCCCCCCCCCCCCC. The van der Waals surface area contributed by atoms with Crippen LogP contribution in [0.15, 0.2) is 24.3 Å². The Bertz CT molecular complexity index is 2140. The van der Waals surface area contributed by atoms with Crippen molar-refractivity contribution in [2.24, 2.45) is 0 Å². The lowest BCUT2D eigenvalue weighted by atomic mass is 9.96. The van der Waals surface area contributed by atoms with Crippen molar-refractivity contribution in [2.75, 3.05) is 26.4 Å². The third-order valence-corrected chi connectivity index (χ3v) is 24.5. The molecule has 0 aliphatic carbocycles. The van der Waals surface area contributed by atoms with Crippen LogP contribution in [0, 0.1) is 0 Å². The van der Waals surface area contributed by atoms with Gasteiger partial charge in [-0.15, -0.1) is 0 Å². The second-order valence-corrected chi connectivity index (χ2v) is 34.9. The van der Waals surface area contributed by atoms with E-state index in [0.717, 1.165) is 51.4 Å². The Kier molecular flexibility index (Phi) is 70.1. The lowest BCUT2D eigenvalue weighted by Gasteiger charge is -2.48. The van der Waals surface area contributed by atoms with E-state index in [4.69, 9.17) is 28.4 Å². The van der Waals surface area contributed by atoms with Crippen LogP contribution in [0.2, 0.25) is 0 Å². The van der Waals surface area contributed by atoms with E-state index in [1.165, 1.54) is 360 Å². The van der Waals surface area contributed by atoms with Gasteiger partial charge in [0, 0.05) is 6.42 Å². The third-order valence-electron chi connectivity index (χ3n) is 24.5. The first kappa shape index (κ1) is 106. The Morgan fingerprint density at radius 2 is 0.579 bits per heavy atom. The molecule has 0 aromatic carbocycles. The van der Waals surface area contributed by atoms with Crippen LogP contribution in [0.5, 0.6) is 0 Å². The summed E-state index contributed by atoms with van der Waals surface area (Å²) in [6, 6.07) is -0.887. The molecular formula is C95H181NO18. The highest BCUT2D eigenvalue weighted by molar-refractivity contribution is 5.76. The van der Waals surface area contributed by atoms with Gasteiger partial charge in [-0.05, 0) is 44.9 Å². The third kappa shape index (κ3) is 52.6. The van der Waals surface area contributed by atoms with Gasteiger partial charge in [-0.2, -0.15) is 0 Å². The maximum atomic E-state index is 13.6. The maximum Gasteiger partial charge on any atom is 0.220 e. The molecule has 0 radical (unpaired) electrons. The number of carbonyl (C=O) groups is 1. The largest absolute Gasteiger partial charge is 0.394 e. The summed E-state index contributed by atoms with van der Waals surface area (Å²) in [5, 5.41) is 122. The summed E-state index contributed by atoms with van der Waals surface area (Å²) < 4.78 is 34.6. The first-order valence-corrected chi connectivity index (χ1v) is 48.6. The summed E-state index contributed by atoms with van der Waals surface area (Å²) in [7, 11) is 0. The van der Waals surface area contributed by atoms with Gasteiger partial charge in [0.05, 0.1) is 38.6 Å². The normalized spacial score (nSPS) is 24.7. The highest BCUT2D eigenvalue weighted by Crippen LogP contribution is 2.34. The minimum atomic E-state index is -1.97. The number of ether oxygens (including phenoxy) is 6. The molecule has 3 heterocycles. The Morgan fingerprint density at radius 3 is 0.895 bits per heavy atom. The van der Waals surface area contributed by atoms with E-state index < -0.39 is 124 Å². The van der Waals surface area contributed by atoms with Gasteiger partial charge in [-0.1, -0.05) is 417 Å². The first-order chi connectivity index (χ1) is 55.8. The van der Waals surface area contributed by atoms with Crippen LogP contribution in [-0.4, -0.2) is 193 Å². The van der Waals surface area contributed by atoms with Crippen molar-refractivity contribution >= 4 is 5.91 Å². The average Bonchev–Trinajstić information content (AvgIpc) is 0.783. The number of allylic oxidation sites excluding steroid dienone is 4. The summed E-state index contributed by atoms with van der Waals surface area (Å²) >= 11 is 0. The van der Waals surface area contributed by atoms with Gasteiger partial charge in [-0.25, -0.2) is 0 Å². The Morgan fingerprint density at radius 1 is 0.316 bits per heavy atom. The van der Waals surface area contributed by atoms with Gasteiger partial charge in [0.15, 0.2) is 18.9 Å². The number of nitrogens with one attached hydrogen (secondary N) is 1. The molecule has 0 bridgehead atoms. The standard InChI is InChI=1S/C95H181NO18/c1-3-5-7-9-11-13-15-17-19-21-23-25-27-29-31-33-35-36-37-38-39-40-41-42-43-45-47-49-51-53-55-57-59-61-63-65-67-69-71-73-83(101)96-78(79(100)72-70-68-66-64-62-60-58-56-54-52-50-48-46-44-34-32-30-28-26-24-22-20-18-16-14-12-10-8-6-4-2)77-109-93-89(107)86(104)91(81(75-98)111-93)114-95-90(108)87(105)92(82(76-99)112-95)113-94-88(106)85(103)84(102)80(74-97)110-94/h15,17,21,23,78-82,84-95,97-100,102-108H,3-14,16,18-20,22,24-77H2,1-2H3,(H,96,101)/b17-15-,23-21-. The lowest BCUT2D eigenvalue weighted by molar-refractivity contribution is -0.379. The zero-order chi connectivity index (χ0) is 82.4. The summed E-state index contributed by atoms with van der Waals surface area (Å²) in [5.41, 5.74) is 0. The molecule has 3 fully saturated rings. The Labute approximate surface area is 696 Å². The molecule has 3 aliphatic rings. The van der Waals surface area contributed by atoms with Gasteiger partial charge in [0.25, 0.3) is 0 Å². The fourth-order valence-corrected chi connectivity index (χ4v) is 16.8. The molecule has 0 aromatic rings. The molecule has 19 nitrogen and oxygen atoms in total. The summed E-state index contributed by atoms with van der Waals surface area (Å²) in [4.78, 5) is 13.6. The second kappa shape index (κ2) is 75.0. The van der Waals surface area contributed by atoms with Crippen LogP contribution in [0.3, 0.4) is 0 Å². The van der Waals surface area contributed by atoms with Gasteiger partial charge in [-0.3, -0.25) is 4.79 Å². The van der Waals surface area contributed by atoms with Crippen molar-refractivity contribution in [1.82, 2.24) is 5.32 Å². The fraction of sp³-hybridized carbons (Fsp3) is 0.947. The van der Waals surface area contributed by atoms with E-state index in [2.05, 4.69) is 43.5 Å². The molecule has 3 aliphatic heterocycles. The Balaban J connectivity index is 1.28. The average molecular weight is 1630 g/mol. The number of aliphatic hydroxyl groups is 11. The van der Waals surface area contributed by atoms with Crippen LogP contribution in [-0.2, 0) is 33.2 Å². The topological polar surface area (TPSA) is 307 Å². The van der Waals surface area contributed by atoms with Crippen LogP contribution in [0.1, 0.15) is 444 Å². The van der Waals surface area contributed by atoms with E-state index >= 15 is 0 Å². The zero-order valence-corrected chi connectivity index (χ0v) is 73.1. The molecule has 17 unspecified atom stereocenters. The predicted molar refractivity (Wildman–Crippen MR) is 462 cm³/mol. The number of rotatable bonds is 81. The smallest absolute Gasteiger partial charge is 0.220 e. The second-order valence-electron chi connectivity index (χ2n) is 34.9. The Hall–Kier alpha value is -1.73. The number of unbranched alkanes of at least 4 members (excludes halogenated alkanes) is 61. The highest BCUT2D eigenvalue weighted by Gasteiger charge is 2.54. The van der Waals surface area contributed by atoms with Gasteiger partial charge in [0.2, 0.25) is 5.91 Å². The fourth-order valence-electron chi connectivity index (χ4n) is 16.8. The molecule has 1 amide bonds. The van der Waals surface area contributed by atoms with Gasteiger partial charge < -0.3 is 89.9 Å². The number of amides is 1. The van der Waals surface area contributed by atoms with Crippen molar-refractivity contribution in [3.05, 3.63) is 24.3 Å². The van der Waals surface area contributed by atoms with E-state index in [1.807, 2.05) is 0 Å². The van der Waals surface area contributed by atoms with Crippen LogP contribution >= 0.6 is 0 Å².